The zero-order valence-corrected chi connectivity index (χ0v) is 15.4. The van der Waals surface area contributed by atoms with E-state index in [4.69, 9.17) is 16.3 Å². The molecular weight excluding hydrogens is 350 g/mol. The Hall–Kier alpha value is -2.11. The molecule has 1 aromatic heterocycles. The highest BCUT2D eigenvalue weighted by molar-refractivity contribution is 6.30. The smallest absolute Gasteiger partial charge is 0.255 e. The summed E-state index contributed by atoms with van der Waals surface area (Å²) in [7, 11) is 0. The fourth-order valence-corrected chi connectivity index (χ4v) is 3.67. The predicted octanol–water partition coefficient (Wildman–Crippen LogP) is 3.55. The number of ether oxygens (including phenoxy) is 1. The lowest BCUT2D eigenvalue weighted by Crippen LogP contribution is -2.42. The van der Waals surface area contributed by atoms with E-state index in [0.29, 0.717) is 30.3 Å². The van der Waals surface area contributed by atoms with Gasteiger partial charge in [0.05, 0.1) is 18.7 Å². The summed E-state index contributed by atoms with van der Waals surface area (Å²) < 4.78 is 5.85. The predicted molar refractivity (Wildman–Crippen MR) is 102 cm³/mol. The van der Waals surface area contributed by atoms with Crippen LogP contribution in [0.2, 0.25) is 5.02 Å². The van der Waals surface area contributed by atoms with E-state index in [2.05, 4.69) is 9.88 Å². The third-order valence-electron chi connectivity index (χ3n) is 5.02. The van der Waals surface area contributed by atoms with Crippen molar-refractivity contribution in [3.63, 3.8) is 0 Å². The number of amides is 1. The lowest BCUT2D eigenvalue weighted by atomic mass is 10.1. The molecule has 2 fully saturated rings. The van der Waals surface area contributed by atoms with Crippen LogP contribution in [0.3, 0.4) is 0 Å². The van der Waals surface area contributed by atoms with Crippen LogP contribution < -0.4 is 4.90 Å². The molecule has 1 amide bonds. The molecular formula is C20H22ClN3O2. The first-order valence-electron chi connectivity index (χ1n) is 9.08. The molecule has 3 heterocycles. The number of rotatable bonds is 3. The summed E-state index contributed by atoms with van der Waals surface area (Å²) in [5.41, 5.74) is 1.67. The number of halogens is 1. The summed E-state index contributed by atoms with van der Waals surface area (Å²) in [4.78, 5) is 21.5. The summed E-state index contributed by atoms with van der Waals surface area (Å²) >= 11 is 5.95. The lowest BCUT2D eigenvalue weighted by molar-refractivity contribution is -0.0228. The van der Waals surface area contributed by atoms with Crippen LogP contribution in [0.4, 0.5) is 5.82 Å². The number of carbonyl (C=O) groups is 1. The van der Waals surface area contributed by atoms with Crippen LogP contribution in [-0.2, 0) is 4.74 Å². The Morgan fingerprint density at radius 1 is 1.08 bits per heavy atom. The molecule has 1 unspecified atom stereocenters. The molecule has 0 saturated carbocycles. The van der Waals surface area contributed by atoms with E-state index in [1.165, 1.54) is 12.8 Å². The molecule has 2 aliphatic heterocycles. The molecule has 26 heavy (non-hydrogen) atoms. The van der Waals surface area contributed by atoms with Crippen LogP contribution >= 0.6 is 11.6 Å². The Kier molecular flexibility index (Phi) is 5.09. The molecule has 6 heteroatoms. The summed E-state index contributed by atoms with van der Waals surface area (Å²) in [6.45, 7) is 3.75. The second kappa shape index (κ2) is 7.64. The average molecular weight is 372 g/mol. The Morgan fingerprint density at radius 2 is 1.85 bits per heavy atom. The number of benzene rings is 1. The Balaban J connectivity index is 1.44. The van der Waals surface area contributed by atoms with E-state index in [-0.39, 0.29) is 12.0 Å². The van der Waals surface area contributed by atoms with Gasteiger partial charge in [-0.15, -0.1) is 0 Å². The largest absolute Gasteiger partial charge is 0.370 e. The number of morpholine rings is 1. The van der Waals surface area contributed by atoms with Crippen molar-refractivity contribution in [1.82, 2.24) is 9.88 Å². The fourth-order valence-electron chi connectivity index (χ4n) is 3.54. The van der Waals surface area contributed by atoms with E-state index in [1.807, 2.05) is 41.3 Å². The number of pyridine rings is 1. The molecule has 2 saturated heterocycles. The van der Waals surface area contributed by atoms with Crippen molar-refractivity contribution < 1.29 is 9.53 Å². The van der Waals surface area contributed by atoms with Gasteiger partial charge in [-0.2, -0.15) is 0 Å². The molecule has 0 bridgehead atoms. The van der Waals surface area contributed by atoms with E-state index >= 15 is 0 Å². The first kappa shape index (κ1) is 17.3. The van der Waals surface area contributed by atoms with Crippen LogP contribution in [0.15, 0.2) is 42.6 Å². The number of anilines is 1. The van der Waals surface area contributed by atoms with Crippen molar-refractivity contribution in [3.8, 4) is 0 Å². The second-order valence-corrected chi connectivity index (χ2v) is 7.20. The topological polar surface area (TPSA) is 45.7 Å². The van der Waals surface area contributed by atoms with E-state index in [0.717, 1.165) is 24.5 Å². The van der Waals surface area contributed by atoms with Crippen molar-refractivity contribution >= 4 is 23.3 Å². The fraction of sp³-hybridized carbons (Fsp3) is 0.400. The molecule has 4 rings (SSSR count). The van der Waals surface area contributed by atoms with Crippen LogP contribution in [0.1, 0.15) is 34.9 Å². The maximum Gasteiger partial charge on any atom is 0.255 e. The van der Waals surface area contributed by atoms with Gasteiger partial charge in [0.25, 0.3) is 5.91 Å². The molecule has 0 N–H and O–H groups in total. The van der Waals surface area contributed by atoms with Gasteiger partial charge in [0, 0.05) is 30.9 Å². The summed E-state index contributed by atoms with van der Waals surface area (Å²) in [6, 6.07) is 11.4. The zero-order valence-electron chi connectivity index (χ0n) is 14.6. The molecule has 1 aromatic carbocycles. The van der Waals surface area contributed by atoms with Gasteiger partial charge in [-0.25, -0.2) is 4.98 Å². The Morgan fingerprint density at radius 3 is 2.54 bits per heavy atom. The normalized spacial score (nSPS) is 20.4. The summed E-state index contributed by atoms with van der Waals surface area (Å²) in [5.74, 6) is 0.966. The van der Waals surface area contributed by atoms with Crippen LogP contribution in [0.25, 0.3) is 0 Å². The molecule has 136 valence electrons. The summed E-state index contributed by atoms with van der Waals surface area (Å²) in [6.07, 6.45) is 3.99. The van der Waals surface area contributed by atoms with Gasteiger partial charge in [0.1, 0.15) is 11.9 Å². The van der Waals surface area contributed by atoms with Gasteiger partial charge in [-0.1, -0.05) is 23.7 Å². The van der Waals surface area contributed by atoms with Gasteiger partial charge < -0.3 is 14.5 Å². The van der Waals surface area contributed by atoms with Crippen LogP contribution in [0.5, 0.6) is 0 Å². The van der Waals surface area contributed by atoms with Crippen LogP contribution in [-0.4, -0.2) is 48.6 Å². The van der Waals surface area contributed by atoms with Gasteiger partial charge >= 0.3 is 0 Å². The number of hydrogen-bond acceptors (Lipinski definition) is 4. The van der Waals surface area contributed by atoms with Gasteiger partial charge in [0.2, 0.25) is 0 Å². The maximum atomic E-state index is 12.9. The molecule has 0 spiro atoms. The number of aromatic nitrogens is 1. The van der Waals surface area contributed by atoms with Gasteiger partial charge in [0.15, 0.2) is 0 Å². The highest BCUT2D eigenvalue weighted by Crippen LogP contribution is 2.25. The van der Waals surface area contributed by atoms with Crippen molar-refractivity contribution in [2.45, 2.75) is 18.9 Å². The minimum Gasteiger partial charge on any atom is -0.370 e. The molecule has 0 aliphatic carbocycles. The van der Waals surface area contributed by atoms with E-state index in [9.17, 15) is 4.79 Å². The minimum absolute atomic E-state index is 0.00716. The Bertz CT molecular complexity index is 758. The van der Waals surface area contributed by atoms with Gasteiger partial charge in [-0.3, -0.25) is 4.79 Å². The molecule has 0 radical (unpaired) electrons. The first-order chi connectivity index (χ1) is 12.7. The summed E-state index contributed by atoms with van der Waals surface area (Å²) in [5, 5.41) is 0.696. The quantitative estimate of drug-likeness (QED) is 0.827. The standard InChI is InChI=1S/C20H22ClN3O2/c21-17-6-3-15(4-7-17)18-14-24(11-12-26-18)20(25)16-5-8-19(22-13-16)23-9-1-2-10-23/h3-8,13,18H,1-2,9-12,14H2. The molecule has 2 aliphatic rings. The highest BCUT2D eigenvalue weighted by Gasteiger charge is 2.26. The third-order valence-corrected chi connectivity index (χ3v) is 5.27. The van der Waals surface area contributed by atoms with Crippen LogP contribution in [0, 0.1) is 0 Å². The van der Waals surface area contributed by atoms with Crippen molar-refractivity contribution in [2.75, 3.05) is 37.7 Å². The molecule has 2 aromatic rings. The maximum absolute atomic E-state index is 12.9. The number of hydrogen-bond donors (Lipinski definition) is 0. The minimum atomic E-state index is -0.123. The number of nitrogens with zero attached hydrogens (tertiary/aromatic N) is 3. The SMILES string of the molecule is O=C(c1ccc(N2CCCC2)nc1)N1CCOC(c2ccc(Cl)cc2)C1. The third kappa shape index (κ3) is 3.69. The van der Waals surface area contributed by atoms with E-state index in [1.54, 1.807) is 6.20 Å². The van der Waals surface area contributed by atoms with Gasteiger partial charge in [-0.05, 0) is 42.7 Å². The second-order valence-electron chi connectivity index (χ2n) is 6.76. The highest BCUT2D eigenvalue weighted by atomic mass is 35.5. The van der Waals surface area contributed by atoms with Crippen molar-refractivity contribution in [3.05, 3.63) is 58.7 Å². The first-order valence-corrected chi connectivity index (χ1v) is 9.46. The average Bonchev–Trinajstić information content (AvgIpc) is 3.23. The van der Waals surface area contributed by atoms with Crippen molar-refractivity contribution in [1.29, 1.82) is 0 Å². The lowest BCUT2D eigenvalue weighted by Gasteiger charge is -2.33. The monoisotopic (exact) mass is 371 g/mol. The molecule has 1 atom stereocenters. The zero-order chi connectivity index (χ0) is 17.9. The number of carbonyl (C=O) groups excluding carboxylic acids is 1. The van der Waals surface area contributed by atoms with Crippen molar-refractivity contribution in [2.24, 2.45) is 0 Å². The van der Waals surface area contributed by atoms with E-state index < -0.39 is 0 Å². The Labute approximate surface area is 158 Å². The molecule has 5 nitrogen and oxygen atoms in total.